The van der Waals surface area contributed by atoms with Gasteiger partial charge in [-0.15, -0.1) is 0 Å². The van der Waals surface area contributed by atoms with Gasteiger partial charge in [0.1, 0.15) is 0 Å². The molecule has 6 nitrogen and oxygen atoms in total. The molecule has 0 radical (unpaired) electrons. The molecule has 4 aliphatic rings. The lowest BCUT2D eigenvalue weighted by Crippen LogP contribution is -2.62. The maximum atomic E-state index is 11.5. The van der Waals surface area contributed by atoms with Crippen molar-refractivity contribution in [3.63, 3.8) is 0 Å². The van der Waals surface area contributed by atoms with E-state index in [2.05, 4.69) is 25.6 Å². The van der Waals surface area contributed by atoms with Crippen LogP contribution in [0.15, 0.2) is 0 Å². The van der Waals surface area contributed by atoms with Crippen LogP contribution in [0.5, 0.6) is 0 Å². The Hall–Kier alpha value is -0.690. The monoisotopic (exact) mass is 423 g/mol. The van der Waals surface area contributed by atoms with Crippen LogP contribution >= 0.6 is 0 Å². The zero-order valence-electron chi connectivity index (χ0n) is 18.8. The Bertz CT molecular complexity index is 658. The summed E-state index contributed by atoms with van der Waals surface area (Å²) >= 11 is 0. The summed E-state index contributed by atoms with van der Waals surface area (Å²) in [6.45, 7) is 6.77. The van der Waals surface area contributed by atoms with Crippen molar-refractivity contribution in [3.05, 3.63) is 0 Å². The van der Waals surface area contributed by atoms with Crippen LogP contribution in [-0.2, 0) is 9.63 Å². The second-order valence-corrected chi connectivity index (χ2v) is 11.5. The van der Waals surface area contributed by atoms with Gasteiger partial charge in [-0.25, -0.2) is 0 Å². The minimum atomic E-state index is -0.394. The quantitative estimate of drug-likeness (QED) is 0.517. The lowest BCUT2D eigenvalue weighted by molar-refractivity contribution is -0.207. The minimum Gasteiger partial charge on any atom is -0.393 e. The molecule has 0 aromatic heterocycles. The van der Waals surface area contributed by atoms with E-state index >= 15 is 0 Å². The van der Waals surface area contributed by atoms with Crippen LogP contribution < -0.4 is 5.90 Å². The standard InChI is InChI=1S/C24H41NO5/c1-13(4-7-21(29)30-25)16-5-6-17-22-18(12-20(28)24(16,17)3)23(2)9-8-15(26)10-14(23)11-19(22)27/h13-20,22,26-28H,4-12,25H2,1-3H3/t13-,14+,15-,16-,17+,18+,19-,20+,22+,23+,24-/m1/s1. The molecule has 0 spiro atoms. The lowest BCUT2D eigenvalue weighted by Gasteiger charge is -2.63. The van der Waals surface area contributed by atoms with Gasteiger partial charge in [0, 0.05) is 6.42 Å². The Morgan fingerprint density at radius 3 is 2.53 bits per heavy atom. The molecule has 4 rings (SSSR count). The molecule has 0 unspecified atom stereocenters. The first kappa shape index (κ1) is 22.5. The highest BCUT2D eigenvalue weighted by Gasteiger charge is 2.65. The molecule has 0 aliphatic heterocycles. The molecule has 0 heterocycles. The maximum Gasteiger partial charge on any atom is 0.324 e. The zero-order chi connectivity index (χ0) is 21.8. The van der Waals surface area contributed by atoms with Crippen LogP contribution in [0, 0.1) is 46.3 Å². The first-order valence-corrected chi connectivity index (χ1v) is 12.1. The van der Waals surface area contributed by atoms with Crippen molar-refractivity contribution in [1.82, 2.24) is 0 Å². The van der Waals surface area contributed by atoms with Crippen molar-refractivity contribution < 1.29 is 25.0 Å². The van der Waals surface area contributed by atoms with Crippen molar-refractivity contribution in [3.8, 4) is 0 Å². The molecule has 0 saturated heterocycles. The van der Waals surface area contributed by atoms with E-state index in [0.717, 1.165) is 44.9 Å². The van der Waals surface area contributed by atoms with Crippen molar-refractivity contribution in [1.29, 1.82) is 0 Å². The van der Waals surface area contributed by atoms with Gasteiger partial charge in [-0.05, 0) is 97.7 Å². The first-order chi connectivity index (χ1) is 14.1. The Morgan fingerprint density at radius 1 is 1.10 bits per heavy atom. The third kappa shape index (κ3) is 3.33. The van der Waals surface area contributed by atoms with Crippen LogP contribution in [0.1, 0.15) is 78.6 Å². The van der Waals surface area contributed by atoms with E-state index < -0.39 is 6.10 Å². The molecule has 30 heavy (non-hydrogen) atoms. The van der Waals surface area contributed by atoms with E-state index in [0.29, 0.717) is 42.4 Å². The van der Waals surface area contributed by atoms with Gasteiger partial charge in [-0.2, -0.15) is 5.90 Å². The predicted octanol–water partition coefficient (Wildman–Crippen LogP) is 2.78. The smallest absolute Gasteiger partial charge is 0.324 e. The van der Waals surface area contributed by atoms with Gasteiger partial charge in [0.15, 0.2) is 0 Å². The van der Waals surface area contributed by atoms with Crippen LogP contribution in [0.3, 0.4) is 0 Å². The fourth-order valence-corrected chi connectivity index (χ4v) is 8.74. The normalized spacial score (nSPS) is 51.4. The minimum absolute atomic E-state index is 0.0972. The number of aliphatic hydroxyl groups excluding tert-OH is 3. The first-order valence-electron chi connectivity index (χ1n) is 12.1. The number of fused-ring (bicyclic) bond motifs is 5. The van der Waals surface area contributed by atoms with E-state index in [1.54, 1.807) is 0 Å². The van der Waals surface area contributed by atoms with E-state index in [9.17, 15) is 20.1 Å². The zero-order valence-corrected chi connectivity index (χ0v) is 18.8. The van der Waals surface area contributed by atoms with Gasteiger partial charge >= 0.3 is 5.97 Å². The van der Waals surface area contributed by atoms with Gasteiger partial charge in [0.05, 0.1) is 18.3 Å². The average molecular weight is 424 g/mol. The topological polar surface area (TPSA) is 113 Å². The van der Waals surface area contributed by atoms with Gasteiger partial charge < -0.3 is 20.2 Å². The number of hydrogen-bond acceptors (Lipinski definition) is 6. The second kappa shape index (κ2) is 8.02. The molecular formula is C24H41NO5. The van der Waals surface area contributed by atoms with E-state index in [1.807, 2.05) is 0 Å². The lowest BCUT2D eigenvalue weighted by atomic mass is 9.43. The predicted molar refractivity (Wildman–Crippen MR) is 113 cm³/mol. The van der Waals surface area contributed by atoms with Crippen molar-refractivity contribution in [2.24, 2.45) is 52.2 Å². The average Bonchev–Trinajstić information content (AvgIpc) is 3.06. The highest BCUT2D eigenvalue weighted by Crippen LogP contribution is 2.68. The molecule has 0 bridgehead atoms. The van der Waals surface area contributed by atoms with Crippen molar-refractivity contribution in [2.75, 3.05) is 0 Å². The Kier molecular flexibility index (Phi) is 6.02. The van der Waals surface area contributed by atoms with E-state index in [4.69, 9.17) is 5.90 Å². The molecular weight excluding hydrogens is 382 g/mol. The van der Waals surface area contributed by atoms with Gasteiger partial charge in [0.2, 0.25) is 0 Å². The number of nitrogens with two attached hydrogens (primary N) is 1. The SMILES string of the molecule is C[C@H](CCC(=O)ON)[C@H]1CC[C@H]2[C@@H]3[C@H](O)C[C@@H]4C[C@H](O)CC[C@]4(C)[C@H]3C[C@H](O)[C@]12C. The molecule has 0 amide bonds. The Labute approximate surface area is 180 Å². The summed E-state index contributed by atoms with van der Waals surface area (Å²) in [5.41, 5.74) is -0.133. The van der Waals surface area contributed by atoms with Crippen LogP contribution in [0.25, 0.3) is 0 Å². The van der Waals surface area contributed by atoms with Crippen LogP contribution in [0.2, 0.25) is 0 Å². The molecule has 6 heteroatoms. The van der Waals surface area contributed by atoms with Gasteiger partial charge in [-0.1, -0.05) is 20.8 Å². The van der Waals surface area contributed by atoms with Crippen LogP contribution in [0.4, 0.5) is 0 Å². The highest BCUT2D eigenvalue weighted by atomic mass is 16.7. The summed E-state index contributed by atoms with van der Waals surface area (Å²) in [5, 5.41) is 33.0. The molecule has 0 aromatic rings. The number of rotatable bonds is 4. The summed E-state index contributed by atoms with van der Waals surface area (Å²) in [6.07, 6.45) is 6.22. The number of aliphatic hydroxyl groups is 3. The van der Waals surface area contributed by atoms with Gasteiger partial charge in [0.25, 0.3) is 0 Å². The van der Waals surface area contributed by atoms with Crippen LogP contribution in [-0.4, -0.2) is 39.6 Å². The van der Waals surface area contributed by atoms with Gasteiger partial charge in [-0.3, -0.25) is 4.79 Å². The number of carbonyl (C=O) groups excluding carboxylic acids is 1. The summed E-state index contributed by atoms with van der Waals surface area (Å²) in [4.78, 5) is 15.9. The molecule has 4 saturated carbocycles. The van der Waals surface area contributed by atoms with E-state index in [1.165, 1.54) is 0 Å². The summed E-state index contributed by atoms with van der Waals surface area (Å²) in [6, 6.07) is 0. The fraction of sp³-hybridized carbons (Fsp3) is 0.958. The summed E-state index contributed by atoms with van der Waals surface area (Å²) < 4.78 is 0. The molecule has 5 N–H and O–H groups in total. The highest BCUT2D eigenvalue weighted by molar-refractivity contribution is 5.68. The Morgan fingerprint density at radius 2 is 1.83 bits per heavy atom. The fourth-order valence-electron chi connectivity index (χ4n) is 8.74. The molecule has 4 fully saturated rings. The Balaban J connectivity index is 1.58. The largest absolute Gasteiger partial charge is 0.393 e. The summed E-state index contributed by atoms with van der Waals surface area (Å²) in [7, 11) is 0. The molecule has 4 aliphatic carbocycles. The molecule has 11 atom stereocenters. The van der Waals surface area contributed by atoms with Crippen molar-refractivity contribution in [2.45, 2.75) is 96.9 Å². The maximum absolute atomic E-state index is 11.5. The number of hydrogen-bond donors (Lipinski definition) is 4. The molecule has 0 aromatic carbocycles. The summed E-state index contributed by atoms with van der Waals surface area (Å²) in [5.74, 6) is 6.42. The van der Waals surface area contributed by atoms with Crippen molar-refractivity contribution >= 4 is 5.97 Å². The second-order valence-electron chi connectivity index (χ2n) is 11.5. The number of carbonyl (C=O) groups is 1. The third-order valence-corrected chi connectivity index (χ3v) is 10.5. The third-order valence-electron chi connectivity index (χ3n) is 10.5. The van der Waals surface area contributed by atoms with E-state index in [-0.39, 0.29) is 34.9 Å². The molecule has 172 valence electrons.